The van der Waals surface area contributed by atoms with Gasteiger partial charge in [0.15, 0.2) is 0 Å². The minimum Gasteiger partial charge on any atom is -0.460 e. The Balaban J connectivity index is 1.54. The average Bonchev–Trinajstić information content (AvgIpc) is 3.36. The van der Waals surface area contributed by atoms with E-state index in [1.54, 1.807) is 19.1 Å². The van der Waals surface area contributed by atoms with Gasteiger partial charge < -0.3 is 19.7 Å². The number of likely N-dealkylation sites (tertiary alicyclic amines) is 1. The van der Waals surface area contributed by atoms with Crippen LogP contribution in [-0.2, 0) is 14.3 Å². The monoisotopic (exact) mass is 536 g/mol. The van der Waals surface area contributed by atoms with E-state index in [2.05, 4.69) is 5.32 Å². The molecule has 3 fully saturated rings. The van der Waals surface area contributed by atoms with Crippen molar-refractivity contribution in [1.82, 2.24) is 4.90 Å². The Morgan fingerprint density at radius 2 is 1.74 bits per heavy atom. The Morgan fingerprint density at radius 3 is 2.41 bits per heavy atom. The van der Waals surface area contributed by atoms with E-state index in [9.17, 15) is 9.59 Å². The molecule has 6 nitrogen and oxygen atoms in total. The lowest BCUT2D eigenvalue weighted by atomic mass is 9.76. The minimum absolute atomic E-state index is 0.0415. The van der Waals surface area contributed by atoms with Crippen molar-refractivity contribution < 1.29 is 23.5 Å². The van der Waals surface area contributed by atoms with Gasteiger partial charge in [0.2, 0.25) is 0 Å². The van der Waals surface area contributed by atoms with Gasteiger partial charge in [0.05, 0.1) is 17.5 Å². The van der Waals surface area contributed by atoms with Crippen molar-refractivity contribution in [3.63, 3.8) is 0 Å². The maximum Gasteiger partial charge on any atom is 0.311 e. The van der Waals surface area contributed by atoms with Gasteiger partial charge in [-0.05, 0) is 95.0 Å². The first-order valence-corrected chi connectivity index (χ1v) is 14.4. The zero-order valence-corrected chi connectivity index (χ0v) is 23.5. The highest BCUT2D eigenvalue weighted by molar-refractivity contribution is 5.97. The summed E-state index contributed by atoms with van der Waals surface area (Å²) >= 11 is 0. The summed E-state index contributed by atoms with van der Waals surface area (Å²) in [5, 5.41) is 3.59. The molecule has 0 aromatic heterocycles. The summed E-state index contributed by atoms with van der Waals surface area (Å²) in [4.78, 5) is 29.8. The molecule has 0 unspecified atom stereocenters. The van der Waals surface area contributed by atoms with Crippen LogP contribution in [0.2, 0.25) is 0 Å². The van der Waals surface area contributed by atoms with E-state index >= 15 is 4.39 Å². The van der Waals surface area contributed by atoms with Crippen LogP contribution < -0.4 is 5.32 Å². The highest BCUT2D eigenvalue weighted by Gasteiger charge is 2.51. The van der Waals surface area contributed by atoms with Gasteiger partial charge in [-0.2, -0.15) is 0 Å². The molecular weight excluding hydrogens is 495 g/mol. The second kappa shape index (κ2) is 11.3. The molecule has 2 heterocycles. The van der Waals surface area contributed by atoms with Crippen molar-refractivity contribution in [3.05, 3.63) is 65.0 Å². The van der Waals surface area contributed by atoms with Crippen molar-refractivity contribution in [2.24, 2.45) is 11.8 Å². The fourth-order valence-corrected chi connectivity index (χ4v) is 6.67. The molecule has 7 heteroatoms. The second-order valence-corrected chi connectivity index (χ2v) is 12.4. The van der Waals surface area contributed by atoms with E-state index in [0.29, 0.717) is 18.0 Å². The van der Waals surface area contributed by atoms with Crippen LogP contribution in [0.5, 0.6) is 0 Å². The molecule has 1 aliphatic carbocycles. The predicted molar refractivity (Wildman–Crippen MR) is 149 cm³/mol. The van der Waals surface area contributed by atoms with Gasteiger partial charge in [0.1, 0.15) is 11.4 Å². The summed E-state index contributed by atoms with van der Waals surface area (Å²) in [6.45, 7) is 8.87. The summed E-state index contributed by atoms with van der Waals surface area (Å²) in [7, 11) is 0. The quantitative estimate of drug-likeness (QED) is 0.446. The number of anilines is 1. The standard InChI is InChI=1S/C32H41FN2O4/c1-20-7-5-9-26(33)28(20)30(36)35-27-10-6-8-22(27)19-25(31(37)39-32(2,3)4)29(35)21-11-13-23(14-12-21)34-24-15-17-38-18-16-24/h5,7,9,11-14,22,24-25,27,29,34H,6,8,10,15-19H2,1-4H3/t22-,25+,27-,29+/m0/s1. The third kappa shape index (κ3) is 5.98. The molecule has 5 rings (SSSR count). The van der Waals surface area contributed by atoms with Crippen LogP contribution >= 0.6 is 0 Å². The van der Waals surface area contributed by atoms with Crippen LogP contribution in [0.4, 0.5) is 10.1 Å². The number of esters is 1. The number of hydrogen-bond donors (Lipinski definition) is 1. The molecule has 2 saturated heterocycles. The lowest BCUT2D eigenvalue weighted by Gasteiger charge is -2.48. The third-order valence-electron chi connectivity index (χ3n) is 8.44. The van der Waals surface area contributed by atoms with Gasteiger partial charge in [-0.25, -0.2) is 4.39 Å². The number of carbonyl (C=O) groups excluding carboxylic acids is 2. The molecule has 0 radical (unpaired) electrons. The molecule has 2 aromatic rings. The molecule has 0 spiro atoms. The number of amides is 1. The molecule has 4 atom stereocenters. The van der Waals surface area contributed by atoms with Crippen molar-refractivity contribution in [2.75, 3.05) is 18.5 Å². The first-order valence-electron chi connectivity index (χ1n) is 14.4. The largest absolute Gasteiger partial charge is 0.460 e. The number of rotatable bonds is 5. The second-order valence-electron chi connectivity index (χ2n) is 12.4. The van der Waals surface area contributed by atoms with E-state index in [-0.39, 0.29) is 29.4 Å². The number of piperidine rings is 1. The SMILES string of the molecule is Cc1cccc(F)c1C(=O)N1[C@H](c2ccc(NC3CCOCC3)cc2)[C@H](C(=O)OC(C)(C)C)C[C@@H]2CCC[C@@H]21. The molecule has 1 saturated carbocycles. The van der Waals surface area contributed by atoms with Crippen LogP contribution in [0.25, 0.3) is 0 Å². The molecule has 1 amide bonds. The number of aryl methyl sites for hydroxylation is 1. The van der Waals surface area contributed by atoms with Gasteiger partial charge in [0, 0.05) is 31.0 Å². The van der Waals surface area contributed by atoms with E-state index in [1.165, 1.54) is 6.07 Å². The summed E-state index contributed by atoms with van der Waals surface area (Å²) in [5.74, 6) is -1.52. The molecule has 39 heavy (non-hydrogen) atoms. The Morgan fingerprint density at radius 1 is 1.03 bits per heavy atom. The summed E-state index contributed by atoms with van der Waals surface area (Å²) in [6.07, 6.45) is 5.36. The number of nitrogens with one attached hydrogen (secondary N) is 1. The van der Waals surface area contributed by atoms with Crippen LogP contribution in [0.1, 0.15) is 86.8 Å². The number of nitrogens with zero attached hydrogens (tertiary/aromatic N) is 1. The van der Waals surface area contributed by atoms with Crippen LogP contribution in [0, 0.1) is 24.6 Å². The van der Waals surface area contributed by atoms with Crippen LogP contribution in [-0.4, -0.2) is 47.7 Å². The fraction of sp³-hybridized carbons (Fsp3) is 0.562. The number of hydrogen-bond acceptors (Lipinski definition) is 5. The predicted octanol–water partition coefficient (Wildman–Crippen LogP) is 6.44. The normalized spacial score (nSPS) is 25.7. The Hall–Kier alpha value is -2.93. The zero-order valence-electron chi connectivity index (χ0n) is 23.5. The first-order chi connectivity index (χ1) is 18.6. The molecule has 2 aliphatic heterocycles. The van der Waals surface area contributed by atoms with Gasteiger partial charge in [-0.3, -0.25) is 9.59 Å². The van der Waals surface area contributed by atoms with Crippen molar-refractivity contribution in [1.29, 1.82) is 0 Å². The molecule has 210 valence electrons. The van der Waals surface area contributed by atoms with Crippen LogP contribution in [0.15, 0.2) is 42.5 Å². The lowest BCUT2D eigenvalue weighted by molar-refractivity contribution is -0.165. The number of benzene rings is 2. The Kier molecular flexibility index (Phi) is 7.99. The summed E-state index contributed by atoms with van der Waals surface area (Å²) in [6, 6.07) is 12.6. The van der Waals surface area contributed by atoms with Gasteiger partial charge in [-0.15, -0.1) is 0 Å². The lowest BCUT2D eigenvalue weighted by Crippen LogP contribution is -2.54. The topological polar surface area (TPSA) is 67.9 Å². The number of halogens is 1. The first kappa shape index (κ1) is 27.6. The minimum atomic E-state index is -0.650. The van der Waals surface area contributed by atoms with Gasteiger partial charge in [0.25, 0.3) is 5.91 Å². The number of carbonyl (C=O) groups is 2. The maximum absolute atomic E-state index is 15.1. The Labute approximate surface area is 231 Å². The number of ether oxygens (including phenoxy) is 2. The Bertz CT molecular complexity index is 1170. The van der Waals surface area contributed by atoms with E-state index < -0.39 is 23.4 Å². The van der Waals surface area contributed by atoms with E-state index in [0.717, 1.165) is 56.6 Å². The summed E-state index contributed by atoms with van der Waals surface area (Å²) in [5.41, 5.74) is 1.91. The molecule has 3 aliphatic rings. The molecule has 0 bridgehead atoms. The van der Waals surface area contributed by atoms with E-state index in [1.807, 2.05) is 49.9 Å². The van der Waals surface area contributed by atoms with Crippen molar-refractivity contribution in [2.45, 2.75) is 89.9 Å². The van der Waals surface area contributed by atoms with Crippen molar-refractivity contribution in [3.8, 4) is 0 Å². The van der Waals surface area contributed by atoms with Crippen molar-refractivity contribution >= 4 is 17.6 Å². The van der Waals surface area contributed by atoms with Gasteiger partial charge in [-0.1, -0.05) is 30.7 Å². The molecular formula is C32H41FN2O4. The van der Waals surface area contributed by atoms with Crippen LogP contribution in [0.3, 0.4) is 0 Å². The fourth-order valence-electron chi connectivity index (χ4n) is 6.67. The highest BCUT2D eigenvalue weighted by atomic mass is 19.1. The smallest absolute Gasteiger partial charge is 0.311 e. The third-order valence-corrected chi connectivity index (χ3v) is 8.44. The van der Waals surface area contributed by atoms with Gasteiger partial charge >= 0.3 is 5.97 Å². The zero-order chi connectivity index (χ0) is 27.7. The highest BCUT2D eigenvalue weighted by Crippen LogP contribution is 2.49. The summed E-state index contributed by atoms with van der Waals surface area (Å²) < 4.78 is 26.5. The molecule has 1 N–H and O–H groups in total. The maximum atomic E-state index is 15.1. The average molecular weight is 537 g/mol. The van der Waals surface area contributed by atoms with E-state index in [4.69, 9.17) is 9.47 Å². The number of fused-ring (bicyclic) bond motifs is 1. The molecule has 2 aromatic carbocycles.